The SMILES string of the molecule is CC1(COc2ccc(C(=O)OCc3ccccc3)cc2)COC1. The van der Waals surface area contributed by atoms with Crippen LogP contribution in [0, 0.1) is 5.41 Å². The highest BCUT2D eigenvalue weighted by Gasteiger charge is 2.34. The van der Waals surface area contributed by atoms with Crippen molar-refractivity contribution in [2.45, 2.75) is 13.5 Å². The van der Waals surface area contributed by atoms with Gasteiger partial charge < -0.3 is 14.2 Å². The molecule has 0 N–H and O–H groups in total. The van der Waals surface area contributed by atoms with Crippen LogP contribution < -0.4 is 4.74 Å². The normalized spacial score (nSPS) is 15.5. The lowest BCUT2D eigenvalue weighted by Gasteiger charge is -2.37. The van der Waals surface area contributed by atoms with Crippen LogP contribution in [0.3, 0.4) is 0 Å². The van der Waals surface area contributed by atoms with Crippen LogP contribution in [0.15, 0.2) is 54.6 Å². The van der Waals surface area contributed by atoms with Crippen molar-refractivity contribution >= 4 is 5.97 Å². The van der Waals surface area contributed by atoms with Crippen molar-refractivity contribution in [3.05, 3.63) is 65.7 Å². The molecule has 2 aromatic rings. The maximum atomic E-state index is 12.0. The van der Waals surface area contributed by atoms with Crippen LogP contribution in [0.25, 0.3) is 0 Å². The Balaban J connectivity index is 1.51. The van der Waals surface area contributed by atoms with E-state index in [0.29, 0.717) is 12.2 Å². The number of esters is 1. The topological polar surface area (TPSA) is 44.8 Å². The lowest BCUT2D eigenvalue weighted by Crippen LogP contribution is -2.44. The molecular weight excluding hydrogens is 292 g/mol. The minimum Gasteiger partial charge on any atom is -0.493 e. The summed E-state index contributed by atoms with van der Waals surface area (Å²) >= 11 is 0. The molecule has 0 aromatic heterocycles. The molecule has 3 rings (SSSR count). The van der Waals surface area contributed by atoms with Gasteiger partial charge in [0.2, 0.25) is 0 Å². The largest absolute Gasteiger partial charge is 0.493 e. The third kappa shape index (κ3) is 4.11. The number of hydrogen-bond donors (Lipinski definition) is 0. The third-order valence-corrected chi connectivity index (χ3v) is 3.79. The van der Waals surface area contributed by atoms with Gasteiger partial charge in [0.25, 0.3) is 0 Å². The molecular formula is C19H20O4. The van der Waals surface area contributed by atoms with Crippen LogP contribution in [0.2, 0.25) is 0 Å². The molecule has 2 aromatic carbocycles. The molecule has 1 saturated heterocycles. The Labute approximate surface area is 136 Å². The molecule has 1 aliphatic heterocycles. The van der Waals surface area contributed by atoms with E-state index in [0.717, 1.165) is 24.5 Å². The number of hydrogen-bond acceptors (Lipinski definition) is 4. The fourth-order valence-electron chi connectivity index (χ4n) is 2.29. The maximum absolute atomic E-state index is 12.0. The van der Waals surface area contributed by atoms with Crippen LogP contribution in [0.4, 0.5) is 0 Å². The van der Waals surface area contributed by atoms with Crippen molar-refractivity contribution in [2.24, 2.45) is 5.41 Å². The van der Waals surface area contributed by atoms with Crippen LogP contribution in [-0.2, 0) is 16.1 Å². The molecule has 4 heteroatoms. The van der Waals surface area contributed by atoms with Crippen LogP contribution in [-0.4, -0.2) is 25.8 Å². The Morgan fingerprint density at radius 2 is 1.78 bits per heavy atom. The van der Waals surface area contributed by atoms with Crippen molar-refractivity contribution in [1.29, 1.82) is 0 Å². The number of carbonyl (C=O) groups excluding carboxylic acids is 1. The maximum Gasteiger partial charge on any atom is 0.338 e. The quantitative estimate of drug-likeness (QED) is 0.766. The highest BCUT2D eigenvalue weighted by atomic mass is 16.5. The number of benzene rings is 2. The first-order valence-electron chi connectivity index (χ1n) is 7.66. The van der Waals surface area contributed by atoms with Crippen molar-refractivity contribution in [1.82, 2.24) is 0 Å². The summed E-state index contributed by atoms with van der Waals surface area (Å²) in [6.07, 6.45) is 0. The Bertz CT molecular complexity index is 645. The Hall–Kier alpha value is -2.33. The van der Waals surface area contributed by atoms with E-state index >= 15 is 0 Å². The first kappa shape index (κ1) is 15.6. The molecule has 0 unspecified atom stereocenters. The van der Waals surface area contributed by atoms with Gasteiger partial charge in [-0.05, 0) is 29.8 Å². The highest BCUT2D eigenvalue weighted by Crippen LogP contribution is 2.27. The lowest BCUT2D eigenvalue weighted by molar-refractivity contribution is -0.120. The molecule has 0 amide bonds. The lowest BCUT2D eigenvalue weighted by atomic mass is 9.90. The van der Waals surface area contributed by atoms with Crippen LogP contribution in [0.5, 0.6) is 5.75 Å². The average Bonchev–Trinajstić information content (AvgIpc) is 2.57. The highest BCUT2D eigenvalue weighted by molar-refractivity contribution is 5.89. The predicted molar refractivity (Wildman–Crippen MR) is 86.4 cm³/mol. The molecule has 120 valence electrons. The molecule has 0 bridgehead atoms. The zero-order valence-corrected chi connectivity index (χ0v) is 13.2. The minimum absolute atomic E-state index is 0.104. The van der Waals surface area contributed by atoms with Crippen LogP contribution >= 0.6 is 0 Å². The van der Waals surface area contributed by atoms with Gasteiger partial charge in [0.1, 0.15) is 12.4 Å². The molecule has 1 fully saturated rings. The summed E-state index contributed by atoms with van der Waals surface area (Å²) in [7, 11) is 0. The summed E-state index contributed by atoms with van der Waals surface area (Å²) in [6, 6.07) is 16.7. The second-order valence-electron chi connectivity index (χ2n) is 6.18. The third-order valence-electron chi connectivity index (χ3n) is 3.79. The van der Waals surface area contributed by atoms with Crippen molar-refractivity contribution in [2.75, 3.05) is 19.8 Å². The Morgan fingerprint density at radius 3 is 2.39 bits per heavy atom. The van der Waals surface area contributed by atoms with Gasteiger partial charge in [-0.15, -0.1) is 0 Å². The molecule has 23 heavy (non-hydrogen) atoms. The van der Waals surface area contributed by atoms with Gasteiger partial charge in [0.15, 0.2) is 0 Å². The zero-order valence-electron chi connectivity index (χ0n) is 13.2. The van der Waals surface area contributed by atoms with Gasteiger partial charge in [-0.3, -0.25) is 0 Å². The van der Waals surface area contributed by atoms with E-state index in [1.54, 1.807) is 24.3 Å². The van der Waals surface area contributed by atoms with Crippen molar-refractivity contribution in [3.8, 4) is 5.75 Å². The first-order valence-corrected chi connectivity index (χ1v) is 7.66. The van der Waals surface area contributed by atoms with Crippen molar-refractivity contribution in [3.63, 3.8) is 0 Å². The van der Waals surface area contributed by atoms with Gasteiger partial charge in [-0.1, -0.05) is 37.3 Å². The monoisotopic (exact) mass is 312 g/mol. The summed E-state index contributed by atoms with van der Waals surface area (Å²) in [5, 5.41) is 0. The average molecular weight is 312 g/mol. The van der Waals surface area contributed by atoms with E-state index in [1.807, 2.05) is 30.3 Å². The Morgan fingerprint density at radius 1 is 1.09 bits per heavy atom. The van der Waals surface area contributed by atoms with Gasteiger partial charge in [0.05, 0.1) is 25.4 Å². The van der Waals surface area contributed by atoms with Crippen LogP contribution in [0.1, 0.15) is 22.8 Å². The molecule has 0 radical (unpaired) electrons. The van der Waals surface area contributed by atoms with E-state index in [-0.39, 0.29) is 18.0 Å². The van der Waals surface area contributed by atoms with Gasteiger partial charge in [0, 0.05) is 5.41 Å². The fraction of sp³-hybridized carbons (Fsp3) is 0.316. The summed E-state index contributed by atoms with van der Waals surface area (Å²) in [5.74, 6) is 0.414. The van der Waals surface area contributed by atoms with Crippen molar-refractivity contribution < 1.29 is 19.0 Å². The van der Waals surface area contributed by atoms with E-state index in [9.17, 15) is 4.79 Å². The molecule has 1 aliphatic rings. The zero-order chi connectivity index (χ0) is 16.1. The summed E-state index contributed by atoms with van der Waals surface area (Å²) in [6.45, 7) is 4.49. The smallest absolute Gasteiger partial charge is 0.338 e. The number of ether oxygens (including phenoxy) is 3. The molecule has 0 atom stereocenters. The second-order valence-corrected chi connectivity index (χ2v) is 6.18. The first-order chi connectivity index (χ1) is 11.1. The number of carbonyl (C=O) groups is 1. The predicted octanol–water partition coefficient (Wildman–Crippen LogP) is 3.46. The number of rotatable bonds is 6. The van der Waals surface area contributed by atoms with Gasteiger partial charge >= 0.3 is 5.97 Å². The molecule has 4 nitrogen and oxygen atoms in total. The van der Waals surface area contributed by atoms with Gasteiger partial charge in [-0.25, -0.2) is 4.79 Å². The van der Waals surface area contributed by atoms with E-state index < -0.39 is 0 Å². The van der Waals surface area contributed by atoms with Gasteiger partial charge in [-0.2, -0.15) is 0 Å². The minimum atomic E-state index is -0.334. The second kappa shape index (κ2) is 6.84. The molecule has 0 aliphatic carbocycles. The van der Waals surface area contributed by atoms with E-state index in [1.165, 1.54) is 0 Å². The molecule has 1 heterocycles. The summed E-state index contributed by atoms with van der Waals surface area (Å²) in [5.41, 5.74) is 1.59. The molecule has 0 spiro atoms. The summed E-state index contributed by atoms with van der Waals surface area (Å²) in [4.78, 5) is 12.0. The van der Waals surface area contributed by atoms with E-state index in [4.69, 9.17) is 14.2 Å². The van der Waals surface area contributed by atoms with E-state index in [2.05, 4.69) is 6.92 Å². The molecule has 0 saturated carbocycles. The Kier molecular flexibility index (Phi) is 4.63. The standard InChI is InChI=1S/C19H20O4/c1-19(12-21-13-19)14-23-17-9-7-16(8-10-17)18(20)22-11-15-5-3-2-4-6-15/h2-10H,11-14H2,1H3. The fourth-order valence-corrected chi connectivity index (χ4v) is 2.29. The summed E-state index contributed by atoms with van der Waals surface area (Å²) < 4.78 is 16.2.